The van der Waals surface area contributed by atoms with Gasteiger partial charge in [-0.15, -0.1) is 0 Å². The smallest absolute Gasteiger partial charge is 0.242 e. The van der Waals surface area contributed by atoms with Gasteiger partial charge in [0.05, 0.1) is 17.3 Å². The van der Waals surface area contributed by atoms with Gasteiger partial charge in [0.1, 0.15) is 11.2 Å². The summed E-state index contributed by atoms with van der Waals surface area (Å²) in [5, 5.41) is 7.03. The first-order chi connectivity index (χ1) is 9.95. The number of halogens is 2. The number of nitrogens with zero attached hydrogens (tertiary/aromatic N) is 1. The van der Waals surface area contributed by atoms with Crippen molar-refractivity contribution in [1.29, 1.82) is 0 Å². The molecule has 0 aliphatic heterocycles. The predicted molar refractivity (Wildman–Crippen MR) is 79.8 cm³/mol. The minimum Gasteiger partial charge on any atom is -0.364 e. The van der Waals surface area contributed by atoms with Crippen molar-refractivity contribution in [2.24, 2.45) is 0 Å². The largest absolute Gasteiger partial charge is 0.364 e. The molecule has 0 radical (unpaired) electrons. The zero-order valence-electron chi connectivity index (χ0n) is 11.1. The summed E-state index contributed by atoms with van der Waals surface area (Å²) in [4.78, 5) is -0.0256. The van der Waals surface area contributed by atoms with E-state index in [-0.39, 0.29) is 16.5 Å². The molecule has 2 aromatic rings. The molecular weight excluding hydrogens is 337 g/mol. The summed E-state index contributed by atoms with van der Waals surface area (Å²) in [5.41, 5.74) is 1.00. The van der Waals surface area contributed by atoms with E-state index in [1.807, 2.05) is 0 Å². The number of hydrogen-bond acceptors (Lipinski definition) is 5. The minimum atomic E-state index is -3.77. The number of hydrogen-bond donors (Lipinski definition) is 2. The van der Waals surface area contributed by atoms with Gasteiger partial charge < -0.3 is 9.84 Å². The summed E-state index contributed by atoms with van der Waals surface area (Å²) in [5.74, 6) is 0. The molecule has 9 heteroatoms. The Kier molecular flexibility index (Phi) is 5.23. The Labute approximate surface area is 132 Å². The normalized spacial score (nSPS) is 11.8. The van der Waals surface area contributed by atoms with Crippen LogP contribution in [0.25, 0.3) is 0 Å². The quantitative estimate of drug-likeness (QED) is 0.834. The molecule has 21 heavy (non-hydrogen) atoms. The molecule has 114 valence electrons. The number of benzene rings is 1. The van der Waals surface area contributed by atoms with Gasteiger partial charge >= 0.3 is 0 Å². The van der Waals surface area contributed by atoms with Crippen LogP contribution in [-0.4, -0.2) is 20.6 Å². The average molecular weight is 350 g/mol. The van der Waals surface area contributed by atoms with Crippen LogP contribution in [0.3, 0.4) is 0 Å². The van der Waals surface area contributed by atoms with Crippen molar-refractivity contribution in [3.05, 3.63) is 45.8 Å². The summed E-state index contributed by atoms with van der Waals surface area (Å²) in [6, 6.07) is 4.44. The Bertz CT molecular complexity index is 718. The maximum atomic E-state index is 12.3. The molecule has 6 nitrogen and oxygen atoms in total. The summed E-state index contributed by atoms with van der Waals surface area (Å²) >= 11 is 12.2. The second-order valence-corrected chi connectivity index (χ2v) is 6.70. The summed E-state index contributed by atoms with van der Waals surface area (Å²) in [7, 11) is -2.06. The molecule has 1 aromatic heterocycles. The van der Waals surface area contributed by atoms with Crippen molar-refractivity contribution in [2.75, 3.05) is 7.05 Å². The second-order valence-electron chi connectivity index (χ2n) is 4.18. The molecule has 0 fully saturated rings. The van der Waals surface area contributed by atoms with Gasteiger partial charge in [-0.1, -0.05) is 28.4 Å². The van der Waals surface area contributed by atoms with Gasteiger partial charge in [0.25, 0.3) is 0 Å². The molecule has 2 N–H and O–H groups in total. The van der Waals surface area contributed by atoms with Gasteiger partial charge in [0, 0.05) is 23.2 Å². The Morgan fingerprint density at radius 2 is 2.00 bits per heavy atom. The molecule has 0 saturated carbocycles. The van der Waals surface area contributed by atoms with Crippen LogP contribution in [0.4, 0.5) is 0 Å². The number of nitrogens with one attached hydrogen (secondary N) is 2. The van der Waals surface area contributed by atoms with E-state index in [9.17, 15) is 8.42 Å². The Balaban J connectivity index is 2.29. The van der Waals surface area contributed by atoms with Crippen LogP contribution >= 0.6 is 23.2 Å². The van der Waals surface area contributed by atoms with Gasteiger partial charge in [0.2, 0.25) is 10.0 Å². The fourth-order valence-electron chi connectivity index (χ4n) is 1.70. The summed E-state index contributed by atoms with van der Waals surface area (Å²) in [6.07, 6.45) is 1.37. The van der Waals surface area contributed by atoms with E-state index in [1.165, 1.54) is 18.4 Å². The molecule has 0 unspecified atom stereocenters. The van der Waals surface area contributed by atoms with Crippen LogP contribution in [-0.2, 0) is 23.1 Å². The molecule has 2 rings (SSSR count). The van der Waals surface area contributed by atoms with Crippen molar-refractivity contribution >= 4 is 33.2 Å². The molecule has 0 spiro atoms. The second kappa shape index (κ2) is 6.76. The van der Waals surface area contributed by atoms with Crippen LogP contribution in [0, 0.1) is 0 Å². The van der Waals surface area contributed by atoms with Crippen LogP contribution in [0.15, 0.2) is 33.9 Å². The van der Waals surface area contributed by atoms with E-state index in [4.69, 9.17) is 23.2 Å². The van der Waals surface area contributed by atoms with E-state index in [1.54, 1.807) is 13.1 Å². The first kappa shape index (κ1) is 16.3. The summed E-state index contributed by atoms with van der Waals surface area (Å²) in [6.45, 7) is 0.378. The van der Waals surface area contributed by atoms with Gasteiger partial charge in [-0.05, 0) is 19.2 Å². The third-order valence-corrected chi connectivity index (χ3v) is 5.07. The number of aromatic nitrogens is 1. The molecule has 0 atom stereocenters. The van der Waals surface area contributed by atoms with Crippen molar-refractivity contribution in [1.82, 2.24) is 15.2 Å². The highest BCUT2D eigenvalue weighted by molar-refractivity contribution is 7.89. The predicted octanol–water partition coefficient (Wildman–Crippen LogP) is 2.18. The minimum absolute atomic E-state index is 0.0130. The molecule has 1 aromatic carbocycles. The lowest BCUT2D eigenvalue weighted by atomic mass is 10.2. The maximum Gasteiger partial charge on any atom is 0.242 e. The monoisotopic (exact) mass is 349 g/mol. The molecule has 1 heterocycles. The van der Waals surface area contributed by atoms with Crippen molar-refractivity contribution in [3.8, 4) is 0 Å². The topological polar surface area (TPSA) is 84.2 Å². The molecule has 0 saturated heterocycles. The summed E-state index contributed by atoms with van der Waals surface area (Å²) < 4.78 is 31.6. The maximum absolute atomic E-state index is 12.3. The lowest BCUT2D eigenvalue weighted by Crippen LogP contribution is -2.24. The Hall–Kier alpha value is -1.12. The van der Waals surface area contributed by atoms with E-state index >= 15 is 0 Å². The number of rotatable bonds is 6. The van der Waals surface area contributed by atoms with Crippen molar-refractivity contribution in [2.45, 2.75) is 18.0 Å². The van der Waals surface area contributed by atoms with Crippen molar-refractivity contribution < 1.29 is 12.9 Å². The third kappa shape index (κ3) is 3.75. The Morgan fingerprint density at radius 3 is 2.62 bits per heavy atom. The fourth-order valence-corrected chi connectivity index (χ4v) is 3.61. The fraction of sp³-hybridized carbons (Fsp3) is 0.250. The van der Waals surface area contributed by atoms with E-state index in [2.05, 4.69) is 19.7 Å². The molecular formula is C12H13Cl2N3O3S. The lowest BCUT2D eigenvalue weighted by molar-refractivity contribution is 0.411. The standard InChI is InChI=1S/C12H13Cl2N3O3S/c1-15-7-9-10(13)2-3-11(12(9)14)21(18,19)16-6-8-4-5-20-17-8/h2-5,15-16H,6-7H2,1H3. The molecule has 0 aliphatic rings. The molecule has 0 aliphatic carbocycles. The van der Waals surface area contributed by atoms with Gasteiger partial charge in [-0.3, -0.25) is 0 Å². The molecule has 0 amide bonds. The first-order valence-electron chi connectivity index (χ1n) is 5.96. The van der Waals surface area contributed by atoms with Crippen LogP contribution in [0.1, 0.15) is 11.3 Å². The highest BCUT2D eigenvalue weighted by atomic mass is 35.5. The number of sulfonamides is 1. The highest BCUT2D eigenvalue weighted by Crippen LogP contribution is 2.31. The van der Waals surface area contributed by atoms with Crippen molar-refractivity contribution in [3.63, 3.8) is 0 Å². The van der Waals surface area contributed by atoms with Gasteiger partial charge in [-0.2, -0.15) is 0 Å². The zero-order valence-corrected chi connectivity index (χ0v) is 13.4. The zero-order chi connectivity index (χ0) is 15.5. The molecule has 0 bridgehead atoms. The van der Waals surface area contributed by atoms with E-state index in [0.29, 0.717) is 22.8 Å². The Morgan fingerprint density at radius 1 is 1.24 bits per heavy atom. The van der Waals surface area contributed by atoms with E-state index in [0.717, 1.165) is 0 Å². The van der Waals surface area contributed by atoms with Crippen LogP contribution in [0.5, 0.6) is 0 Å². The highest BCUT2D eigenvalue weighted by Gasteiger charge is 2.21. The van der Waals surface area contributed by atoms with Crippen LogP contribution in [0.2, 0.25) is 10.0 Å². The van der Waals surface area contributed by atoms with Gasteiger partial charge in [-0.25, -0.2) is 13.1 Å². The first-order valence-corrected chi connectivity index (χ1v) is 8.20. The third-order valence-electron chi connectivity index (χ3n) is 2.73. The average Bonchev–Trinajstić information content (AvgIpc) is 2.94. The lowest BCUT2D eigenvalue weighted by Gasteiger charge is -2.12. The van der Waals surface area contributed by atoms with E-state index < -0.39 is 10.0 Å². The van der Waals surface area contributed by atoms with Gasteiger partial charge in [0.15, 0.2) is 0 Å². The van der Waals surface area contributed by atoms with Crippen LogP contribution < -0.4 is 10.0 Å². The SMILES string of the molecule is CNCc1c(Cl)ccc(S(=O)(=O)NCc2ccon2)c1Cl.